The van der Waals surface area contributed by atoms with Gasteiger partial charge in [0.2, 0.25) is 0 Å². The molecule has 0 amide bonds. The number of rotatable bonds is 2. The second-order valence-corrected chi connectivity index (χ2v) is 4.28. The molecule has 0 aromatic rings. The number of hydrogen-bond donors (Lipinski definition) is 2. The van der Waals surface area contributed by atoms with Gasteiger partial charge in [-0.15, -0.1) is 0 Å². The Kier molecular flexibility index (Phi) is 3.53. The summed E-state index contributed by atoms with van der Waals surface area (Å²) in [7, 11) is 0. The Labute approximate surface area is 74.6 Å². The van der Waals surface area contributed by atoms with Crippen LogP contribution in [0.15, 0.2) is 0 Å². The Morgan fingerprint density at radius 1 is 1.42 bits per heavy atom. The molecule has 1 rings (SSSR count). The van der Waals surface area contributed by atoms with Gasteiger partial charge in [0.1, 0.15) is 0 Å². The average Bonchev–Trinajstić information content (AvgIpc) is 2.08. The molecule has 12 heavy (non-hydrogen) atoms. The Morgan fingerprint density at radius 3 is 2.58 bits per heavy atom. The molecular formula is C10H20O2. The molecule has 72 valence electrons. The van der Waals surface area contributed by atoms with Crippen LogP contribution < -0.4 is 0 Å². The minimum absolute atomic E-state index is 0.141. The van der Waals surface area contributed by atoms with E-state index in [-0.39, 0.29) is 12.7 Å². The van der Waals surface area contributed by atoms with E-state index < -0.39 is 0 Å². The molecule has 1 aliphatic rings. The predicted molar refractivity (Wildman–Crippen MR) is 48.8 cm³/mol. The first-order valence-corrected chi connectivity index (χ1v) is 4.94. The van der Waals surface area contributed by atoms with Gasteiger partial charge in [0.25, 0.3) is 0 Å². The van der Waals surface area contributed by atoms with Gasteiger partial charge in [-0.2, -0.15) is 0 Å². The molecule has 1 saturated carbocycles. The lowest BCUT2D eigenvalue weighted by Gasteiger charge is -2.33. The fourth-order valence-corrected chi connectivity index (χ4v) is 2.00. The minimum Gasteiger partial charge on any atom is -0.396 e. The zero-order valence-corrected chi connectivity index (χ0v) is 8.03. The van der Waals surface area contributed by atoms with Crippen molar-refractivity contribution in [1.29, 1.82) is 0 Å². The first-order chi connectivity index (χ1) is 5.65. The molecule has 0 bridgehead atoms. The molecule has 0 saturated heterocycles. The molecule has 0 unspecified atom stereocenters. The topological polar surface area (TPSA) is 40.5 Å². The highest BCUT2D eigenvalue weighted by Crippen LogP contribution is 2.33. The third-order valence-corrected chi connectivity index (χ3v) is 3.29. The molecule has 4 atom stereocenters. The van der Waals surface area contributed by atoms with Crippen LogP contribution in [-0.2, 0) is 0 Å². The van der Waals surface area contributed by atoms with Crippen LogP contribution in [0.25, 0.3) is 0 Å². The van der Waals surface area contributed by atoms with Gasteiger partial charge in [-0.05, 0) is 37.0 Å². The van der Waals surface area contributed by atoms with Crippen molar-refractivity contribution in [2.45, 2.75) is 39.2 Å². The summed E-state index contributed by atoms with van der Waals surface area (Å²) < 4.78 is 0. The van der Waals surface area contributed by atoms with Crippen molar-refractivity contribution in [3.63, 3.8) is 0 Å². The fraction of sp³-hybridized carbons (Fsp3) is 1.00. The maximum absolute atomic E-state index is 9.61. The van der Waals surface area contributed by atoms with E-state index in [0.717, 1.165) is 12.8 Å². The van der Waals surface area contributed by atoms with E-state index in [4.69, 9.17) is 5.11 Å². The highest BCUT2D eigenvalue weighted by Gasteiger charge is 2.28. The van der Waals surface area contributed by atoms with E-state index in [9.17, 15) is 5.11 Å². The van der Waals surface area contributed by atoms with E-state index in [2.05, 4.69) is 13.8 Å². The lowest BCUT2D eigenvalue weighted by Crippen LogP contribution is -2.31. The Balaban J connectivity index is 2.39. The summed E-state index contributed by atoms with van der Waals surface area (Å²) in [5.74, 6) is 1.33. The summed E-state index contributed by atoms with van der Waals surface area (Å²) >= 11 is 0. The molecule has 0 spiro atoms. The van der Waals surface area contributed by atoms with Crippen LogP contribution in [0.4, 0.5) is 0 Å². The molecule has 2 N–H and O–H groups in total. The largest absolute Gasteiger partial charge is 0.396 e. The van der Waals surface area contributed by atoms with Gasteiger partial charge >= 0.3 is 0 Å². The van der Waals surface area contributed by atoms with E-state index in [1.54, 1.807) is 0 Å². The van der Waals surface area contributed by atoms with Gasteiger partial charge in [0.15, 0.2) is 0 Å². The zero-order valence-electron chi connectivity index (χ0n) is 8.03. The maximum atomic E-state index is 9.61. The van der Waals surface area contributed by atoms with Crippen LogP contribution in [0.2, 0.25) is 0 Å². The van der Waals surface area contributed by atoms with Crippen LogP contribution in [0.5, 0.6) is 0 Å². The first kappa shape index (κ1) is 10.0. The van der Waals surface area contributed by atoms with Crippen molar-refractivity contribution in [1.82, 2.24) is 0 Å². The molecule has 1 aliphatic carbocycles. The monoisotopic (exact) mass is 172 g/mol. The van der Waals surface area contributed by atoms with E-state index in [0.29, 0.717) is 17.8 Å². The Morgan fingerprint density at radius 2 is 2.08 bits per heavy atom. The molecule has 0 aromatic carbocycles. The highest BCUT2D eigenvalue weighted by molar-refractivity contribution is 4.79. The number of aliphatic hydroxyl groups is 2. The summed E-state index contributed by atoms with van der Waals surface area (Å²) in [5.41, 5.74) is 0. The van der Waals surface area contributed by atoms with Crippen molar-refractivity contribution < 1.29 is 10.2 Å². The second-order valence-electron chi connectivity index (χ2n) is 4.28. The summed E-state index contributed by atoms with van der Waals surface area (Å²) in [6, 6.07) is 0. The standard InChI is InChI=1S/C10H20O2/c1-7-3-4-9(5-10(7)12)8(2)6-11/h7-12H,3-6H2,1-2H3/t7-,8+,9+,10+/m1/s1. The summed E-state index contributed by atoms with van der Waals surface area (Å²) in [6.07, 6.45) is 3.01. The molecule has 0 radical (unpaired) electrons. The van der Waals surface area contributed by atoms with Gasteiger partial charge in [-0.25, -0.2) is 0 Å². The van der Waals surface area contributed by atoms with Gasteiger partial charge in [-0.3, -0.25) is 0 Å². The smallest absolute Gasteiger partial charge is 0.0568 e. The molecule has 0 aromatic heterocycles. The molecule has 2 nitrogen and oxygen atoms in total. The summed E-state index contributed by atoms with van der Waals surface area (Å²) in [5, 5.41) is 18.6. The Bertz CT molecular complexity index is 136. The van der Waals surface area contributed by atoms with Crippen molar-refractivity contribution in [2.24, 2.45) is 17.8 Å². The van der Waals surface area contributed by atoms with Crippen LogP contribution >= 0.6 is 0 Å². The van der Waals surface area contributed by atoms with Crippen LogP contribution in [-0.4, -0.2) is 22.9 Å². The normalized spacial score (nSPS) is 39.5. The molecule has 0 heterocycles. The SMILES string of the molecule is C[C@@H]1CC[C@H]([C@@H](C)CO)C[C@@H]1O. The van der Waals surface area contributed by atoms with E-state index in [1.807, 2.05) is 0 Å². The summed E-state index contributed by atoms with van der Waals surface area (Å²) in [4.78, 5) is 0. The van der Waals surface area contributed by atoms with Crippen LogP contribution in [0, 0.1) is 17.8 Å². The van der Waals surface area contributed by atoms with Gasteiger partial charge in [0, 0.05) is 6.61 Å². The van der Waals surface area contributed by atoms with Gasteiger partial charge in [0.05, 0.1) is 6.10 Å². The van der Waals surface area contributed by atoms with Gasteiger partial charge in [-0.1, -0.05) is 13.8 Å². The molecule has 2 heteroatoms. The van der Waals surface area contributed by atoms with Gasteiger partial charge < -0.3 is 10.2 Å². The lowest BCUT2D eigenvalue weighted by molar-refractivity contribution is 0.0288. The quantitative estimate of drug-likeness (QED) is 0.661. The zero-order chi connectivity index (χ0) is 9.14. The fourth-order valence-electron chi connectivity index (χ4n) is 2.00. The summed E-state index contributed by atoms with van der Waals surface area (Å²) in [6.45, 7) is 4.42. The van der Waals surface area contributed by atoms with Crippen molar-refractivity contribution >= 4 is 0 Å². The average molecular weight is 172 g/mol. The third kappa shape index (κ3) is 2.20. The van der Waals surface area contributed by atoms with Crippen molar-refractivity contribution in [3.05, 3.63) is 0 Å². The third-order valence-electron chi connectivity index (χ3n) is 3.29. The van der Waals surface area contributed by atoms with Crippen molar-refractivity contribution in [2.75, 3.05) is 6.61 Å². The molecule has 1 fully saturated rings. The minimum atomic E-state index is -0.141. The predicted octanol–water partition coefficient (Wildman–Crippen LogP) is 1.41. The number of hydrogen-bond acceptors (Lipinski definition) is 2. The van der Waals surface area contributed by atoms with Crippen LogP contribution in [0.3, 0.4) is 0 Å². The van der Waals surface area contributed by atoms with Crippen molar-refractivity contribution in [3.8, 4) is 0 Å². The van der Waals surface area contributed by atoms with Crippen LogP contribution in [0.1, 0.15) is 33.1 Å². The first-order valence-electron chi connectivity index (χ1n) is 4.94. The molecular weight excluding hydrogens is 152 g/mol. The van der Waals surface area contributed by atoms with E-state index >= 15 is 0 Å². The highest BCUT2D eigenvalue weighted by atomic mass is 16.3. The second kappa shape index (κ2) is 4.24. The lowest BCUT2D eigenvalue weighted by atomic mass is 9.75. The maximum Gasteiger partial charge on any atom is 0.0568 e. The molecule has 0 aliphatic heterocycles. The Hall–Kier alpha value is -0.0800. The number of aliphatic hydroxyl groups excluding tert-OH is 2. The van der Waals surface area contributed by atoms with E-state index in [1.165, 1.54) is 6.42 Å².